The minimum absolute atomic E-state index is 0.136. The van der Waals surface area contributed by atoms with Gasteiger partial charge in [-0.3, -0.25) is 4.98 Å². The lowest BCUT2D eigenvalue weighted by Gasteiger charge is -2.11. The van der Waals surface area contributed by atoms with E-state index in [0.29, 0.717) is 29.9 Å². The van der Waals surface area contributed by atoms with Gasteiger partial charge in [-0.05, 0) is 19.1 Å². The number of aliphatic hydroxyl groups excluding tert-OH is 1. The Morgan fingerprint density at radius 3 is 2.79 bits per heavy atom. The molecular formula is C13H15ClN2O2S. The van der Waals surface area contributed by atoms with Crippen LogP contribution in [0.5, 0.6) is 5.75 Å². The highest BCUT2D eigenvalue weighted by molar-refractivity contribution is 7.16. The zero-order valence-corrected chi connectivity index (χ0v) is 12.1. The normalized spacial score (nSPS) is 10.9. The predicted octanol–water partition coefficient (Wildman–Crippen LogP) is 2.59. The second kappa shape index (κ2) is 6.34. The molecule has 19 heavy (non-hydrogen) atoms. The summed E-state index contributed by atoms with van der Waals surface area (Å²) in [6, 6.07) is 3.82. The average Bonchev–Trinajstić information content (AvgIpc) is 2.80. The summed E-state index contributed by atoms with van der Waals surface area (Å²) < 4.78 is 0.760. The van der Waals surface area contributed by atoms with Crippen LogP contribution in [0.3, 0.4) is 0 Å². The van der Waals surface area contributed by atoms with E-state index < -0.39 is 0 Å². The van der Waals surface area contributed by atoms with E-state index in [9.17, 15) is 10.2 Å². The van der Waals surface area contributed by atoms with E-state index in [1.165, 1.54) is 11.3 Å². The maximum atomic E-state index is 9.98. The monoisotopic (exact) mass is 298 g/mol. The van der Waals surface area contributed by atoms with Crippen LogP contribution in [-0.2, 0) is 19.7 Å². The highest BCUT2D eigenvalue weighted by Gasteiger charge is 2.11. The smallest absolute Gasteiger partial charge is 0.141 e. The van der Waals surface area contributed by atoms with Crippen molar-refractivity contribution < 1.29 is 10.2 Å². The molecule has 0 bridgehead atoms. The second-order valence-corrected chi connectivity index (χ2v) is 5.96. The summed E-state index contributed by atoms with van der Waals surface area (Å²) in [5.74, 6) is 0.142. The summed E-state index contributed by atoms with van der Waals surface area (Å²) in [5.41, 5.74) is 1.89. The number of rotatable bonds is 5. The maximum Gasteiger partial charge on any atom is 0.141 e. The molecule has 2 heterocycles. The van der Waals surface area contributed by atoms with Gasteiger partial charge < -0.3 is 15.5 Å². The molecule has 0 radical (unpaired) electrons. The molecule has 0 aliphatic carbocycles. The van der Waals surface area contributed by atoms with E-state index in [2.05, 4.69) is 10.3 Å². The van der Waals surface area contributed by atoms with Gasteiger partial charge in [-0.15, -0.1) is 11.3 Å². The number of aromatic nitrogens is 1. The number of aromatic hydroxyl groups is 1. The van der Waals surface area contributed by atoms with Crippen LogP contribution in [0.4, 0.5) is 0 Å². The summed E-state index contributed by atoms with van der Waals surface area (Å²) in [7, 11) is 0. The van der Waals surface area contributed by atoms with Gasteiger partial charge >= 0.3 is 0 Å². The Hall–Kier alpha value is -1.14. The topological polar surface area (TPSA) is 65.4 Å². The molecule has 6 heteroatoms. The molecule has 0 aliphatic heterocycles. The van der Waals surface area contributed by atoms with Crippen LogP contribution < -0.4 is 5.32 Å². The predicted molar refractivity (Wildman–Crippen MR) is 76.4 cm³/mol. The first-order valence-electron chi connectivity index (χ1n) is 5.84. The number of hydrogen-bond acceptors (Lipinski definition) is 5. The molecule has 0 aromatic carbocycles. The zero-order chi connectivity index (χ0) is 13.8. The van der Waals surface area contributed by atoms with Crippen molar-refractivity contribution in [3.05, 3.63) is 44.4 Å². The van der Waals surface area contributed by atoms with E-state index in [0.717, 1.165) is 9.21 Å². The Labute approximate surface area is 120 Å². The molecule has 0 spiro atoms. The second-order valence-electron chi connectivity index (χ2n) is 4.16. The van der Waals surface area contributed by atoms with Crippen molar-refractivity contribution in [3.63, 3.8) is 0 Å². The van der Waals surface area contributed by atoms with Gasteiger partial charge in [-0.25, -0.2) is 0 Å². The molecule has 2 aromatic rings. The summed E-state index contributed by atoms with van der Waals surface area (Å²) in [6.07, 6.45) is 1.59. The molecule has 102 valence electrons. The average molecular weight is 299 g/mol. The van der Waals surface area contributed by atoms with Gasteiger partial charge in [-0.1, -0.05) is 11.6 Å². The Kier molecular flexibility index (Phi) is 4.76. The third-order valence-electron chi connectivity index (χ3n) is 2.83. The maximum absolute atomic E-state index is 9.98. The van der Waals surface area contributed by atoms with E-state index in [1.54, 1.807) is 13.1 Å². The first-order valence-corrected chi connectivity index (χ1v) is 7.03. The number of nitrogens with zero attached hydrogens (tertiary/aromatic N) is 1. The first-order chi connectivity index (χ1) is 9.11. The van der Waals surface area contributed by atoms with Crippen molar-refractivity contribution in [2.45, 2.75) is 26.6 Å². The third-order valence-corrected chi connectivity index (χ3v) is 4.06. The first kappa shape index (κ1) is 14.3. The zero-order valence-electron chi connectivity index (χ0n) is 10.5. The fourth-order valence-electron chi connectivity index (χ4n) is 1.78. The number of aliphatic hydroxyl groups is 1. The van der Waals surface area contributed by atoms with E-state index >= 15 is 0 Å². The highest BCUT2D eigenvalue weighted by Crippen LogP contribution is 2.24. The van der Waals surface area contributed by atoms with E-state index in [1.807, 2.05) is 12.1 Å². The summed E-state index contributed by atoms with van der Waals surface area (Å²) in [4.78, 5) is 5.15. The van der Waals surface area contributed by atoms with Crippen molar-refractivity contribution in [3.8, 4) is 5.75 Å². The van der Waals surface area contributed by atoms with Crippen LogP contribution in [-0.4, -0.2) is 15.2 Å². The SMILES string of the molecule is Cc1ncc(CO)c(CNCc2ccc(Cl)s2)c1O. The molecular weight excluding hydrogens is 284 g/mol. The quantitative estimate of drug-likeness (QED) is 0.794. The van der Waals surface area contributed by atoms with Gasteiger partial charge in [-0.2, -0.15) is 0 Å². The van der Waals surface area contributed by atoms with Gasteiger partial charge in [0.1, 0.15) is 5.75 Å². The van der Waals surface area contributed by atoms with E-state index in [4.69, 9.17) is 11.6 Å². The van der Waals surface area contributed by atoms with Crippen LogP contribution in [0.25, 0.3) is 0 Å². The molecule has 3 N–H and O–H groups in total. The molecule has 0 fully saturated rings. The third kappa shape index (κ3) is 3.45. The Morgan fingerprint density at radius 1 is 1.37 bits per heavy atom. The molecule has 0 saturated heterocycles. The number of thiophene rings is 1. The van der Waals surface area contributed by atoms with Crippen LogP contribution >= 0.6 is 22.9 Å². The largest absolute Gasteiger partial charge is 0.506 e. The molecule has 4 nitrogen and oxygen atoms in total. The van der Waals surface area contributed by atoms with Crippen LogP contribution in [0.2, 0.25) is 4.34 Å². The molecule has 2 rings (SSSR count). The number of hydrogen-bond donors (Lipinski definition) is 3. The lowest BCUT2D eigenvalue weighted by Crippen LogP contribution is -2.14. The van der Waals surface area contributed by atoms with Crippen molar-refractivity contribution in [1.29, 1.82) is 0 Å². The number of nitrogens with one attached hydrogen (secondary N) is 1. The summed E-state index contributed by atoms with van der Waals surface area (Å²) in [6.45, 7) is 2.74. The number of aryl methyl sites for hydroxylation is 1. The van der Waals surface area contributed by atoms with Crippen molar-refractivity contribution in [2.75, 3.05) is 0 Å². The Morgan fingerprint density at radius 2 is 2.16 bits per heavy atom. The van der Waals surface area contributed by atoms with Crippen molar-refractivity contribution in [2.24, 2.45) is 0 Å². The van der Waals surface area contributed by atoms with Crippen molar-refractivity contribution in [1.82, 2.24) is 10.3 Å². The standard InChI is InChI=1S/C13H15ClN2O2S/c1-8-13(18)11(9(7-17)4-16-8)6-15-5-10-2-3-12(14)19-10/h2-4,15,17-18H,5-7H2,1H3. The fourth-order valence-corrected chi connectivity index (χ4v) is 2.83. The molecule has 2 aromatic heterocycles. The number of halogens is 1. The molecule has 0 saturated carbocycles. The molecule has 0 atom stereocenters. The minimum Gasteiger partial charge on any atom is -0.506 e. The van der Waals surface area contributed by atoms with Crippen LogP contribution in [0.15, 0.2) is 18.3 Å². The Balaban J connectivity index is 2.04. The fraction of sp³-hybridized carbons (Fsp3) is 0.308. The summed E-state index contributed by atoms with van der Waals surface area (Å²) in [5, 5.41) is 22.5. The number of pyridine rings is 1. The lowest BCUT2D eigenvalue weighted by molar-refractivity contribution is 0.278. The van der Waals surface area contributed by atoms with Gasteiger partial charge in [0.25, 0.3) is 0 Å². The van der Waals surface area contributed by atoms with Crippen LogP contribution in [0.1, 0.15) is 21.7 Å². The molecule has 0 amide bonds. The highest BCUT2D eigenvalue weighted by atomic mass is 35.5. The van der Waals surface area contributed by atoms with Crippen LogP contribution in [0, 0.1) is 6.92 Å². The van der Waals surface area contributed by atoms with E-state index in [-0.39, 0.29) is 12.4 Å². The molecule has 0 aliphatic rings. The van der Waals surface area contributed by atoms with Crippen molar-refractivity contribution >= 4 is 22.9 Å². The van der Waals surface area contributed by atoms with Gasteiger partial charge in [0, 0.05) is 35.3 Å². The van der Waals surface area contributed by atoms with Gasteiger partial charge in [0.05, 0.1) is 16.6 Å². The summed E-state index contributed by atoms with van der Waals surface area (Å²) >= 11 is 7.38. The van der Waals surface area contributed by atoms with Gasteiger partial charge in [0.15, 0.2) is 0 Å². The lowest BCUT2D eigenvalue weighted by atomic mass is 10.1. The van der Waals surface area contributed by atoms with Gasteiger partial charge in [0.2, 0.25) is 0 Å². The molecule has 0 unspecified atom stereocenters. The Bertz CT molecular complexity index is 572. The minimum atomic E-state index is -0.136.